The molecule has 27 heavy (non-hydrogen) atoms. The zero-order valence-electron chi connectivity index (χ0n) is 14.8. The van der Waals surface area contributed by atoms with E-state index in [0.717, 1.165) is 30.9 Å². The number of benzene rings is 2. The highest BCUT2D eigenvalue weighted by atomic mass is 16.5. The summed E-state index contributed by atoms with van der Waals surface area (Å²) in [5, 5.41) is 14.5. The van der Waals surface area contributed by atoms with Crippen LogP contribution in [0.3, 0.4) is 0 Å². The van der Waals surface area contributed by atoms with Crippen molar-refractivity contribution in [2.75, 3.05) is 23.8 Å². The summed E-state index contributed by atoms with van der Waals surface area (Å²) in [6, 6.07) is 17.3. The average Bonchev–Trinajstić information content (AvgIpc) is 3.23. The van der Waals surface area contributed by atoms with Crippen LogP contribution in [0.1, 0.15) is 12.8 Å². The van der Waals surface area contributed by atoms with Crippen molar-refractivity contribution >= 4 is 17.5 Å². The summed E-state index contributed by atoms with van der Waals surface area (Å²) in [5.74, 6) is 2.50. The predicted octanol–water partition coefficient (Wildman–Crippen LogP) is 4.00. The Bertz CT molecular complexity index is 869. The van der Waals surface area contributed by atoms with Crippen LogP contribution < -0.4 is 15.4 Å². The van der Waals surface area contributed by atoms with E-state index < -0.39 is 0 Å². The van der Waals surface area contributed by atoms with Gasteiger partial charge in [0, 0.05) is 13.2 Å². The first kappa shape index (κ1) is 17.2. The molecule has 4 rings (SSSR count). The van der Waals surface area contributed by atoms with Crippen molar-refractivity contribution in [2.24, 2.45) is 0 Å². The molecule has 0 saturated carbocycles. The Morgan fingerprint density at radius 1 is 1.07 bits per heavy atom. The van der Waals surface area contributed by atoms with Gasteiger partial charge in [0.1, 0.15) is 5.75 Å². The number of ether oxygens (including phenoxy) is 2. The summed E-state index contributed by atoms with van der Waals surface area (Å²) in [6.07, 6.45) is 4.02. The largest absolute Gasteiger partial charge is 0.455 e. The molecule has 1 saturated heterocycles. The monoisotopic (exact) mass is 363 g/mol. The van der Waals surface area contributed by atoms with E-state index in [-0.39, 0.29) is 6.10 Å². The van der Waals surface area contributed by atoms with E-state index in [1.54, 1.807) is 6.20 Å². The Hall–Kier alpha value is -3.19. The number of nitrogens with zero attached hydrogens (tertiary/aromatic N) is 3. The first-order chi connectivity index (χ1) is 13.4. The van der Waals surface area contributed by atoms with Gasteiger partial charge in [0.15, 0.2) is 11.6 Å². The van der Waals surface area contributed by atoms with Gasteiger partial charge in [-0.05, 0) is 37.1 Å². The molecule has 0 aliphatic carbocycles. The number of hydrogen-bond acceptors (Lipinski definition) is 7. The molecule has 0 bridgehead atoms. The first-order valence-electron chi connectivity index (χ1n) is 9.01. The van der Waals surface area contributed by atoms with Crippen LogP contribution in [0, 0.1) is 0 Å². The zero-order valence-corrected chi connectivity index (χ0v) is 14.8. The second-order valence-electron chi connectivity index (χ2n) is 6.22. The second-order valence-corrected chi connectivity index (χ2v) is 6.22. The molecule has 0 amide bonds. The molecule has 1 atom stereocenters. The lowest BCUT2D eigenvalue weighted by Crippen LogP contribution is -2.19. The van der Waals surface area contributed by atoms with Gasteiger partial charge < -0.3 is 20.1 Å². The number of nitrogens with one attached hydrogen (secondary N) is 2. The van der Waals surface area contributed by atoms with Crippen LogP contribution in [0.2, 0.25) is 0 Å². The van der Waals surface area contributed by atoms with E-state index in [1.165, 1.54) is 0 Å². The maximum absolute atomic E-state index is 5.96. The molecular weight excluding hydrogens is 342 g/mol. The number of rotatable bonds is 7. The van der Waals surface area contributed by atoms with Crippen LogP contribution in [0.15, 0.2) is 60.8 Å². The molecular formula is C20H21N5O2. The van der Waals surface area contributed by atoms with Gasteiger partial charge in [-0.2, -0.15) is 10.1 Å². The highest BCUT2D eigenvalue weighted by Crippen LogP contribution is 2.30. The van der Waals surface area contributed by atoms with Crippen molar-refractivity contribution in [3.05, 3.63) is 60.8 Å². The minimum absolute atomic E-state index is 0.233. The molecule has 7 heteroatoms. The molecule has 1 aliphatic rings. The van der Waals surface area contributed by atoms with Gasteiger partial charge in [-0.25, -0.2) is 0 Å². The molecule has 138 valence electrons. The summed E-state index contributed by atoms with van der Waals surface area (Å²) < 4.78 is 11.6. The van der Waals surface area contributed by atoms with Crippen LogP contribution in [0.5, 0.6) is 11.5 Å². The Morgan fingerprint density at radius 2 is 1.93 bits per heavy atom. The molecule has 0 radical (unpaired) electrons. The molecule has 2 aromatic carbocycles. The number of anilines is 3. The summed E-state index contributed by atoms with van der Waals surface area (Å²) in [4.78, 5) is 4.47. The fourth-order valence-electron chi connectivity index (χ4n) is 2.86. The molecule has 2 N–H and O–H groups in total. The summed E-state index contributed by atoms with van der Waals surface area (Å²) in [7, 11) is 0. The lowest BCUT2D eigenvalue weighted by molar-refractivity contribution is 0.120. The van der Waals surface area contributed by atoms with Crippen molar-refractivity contribution in [2.45, 2.75) is 18.9 Å². The predicted molar refractivity (Wildman–Crippen MR) is 104 cm³/mol. The lowest BCUT2D eigenvalue weighted by Gasteiger charge is -2.13. The summed E-state index contributed by atoms with van der Waals surface area (Å²) in [6.45, 7) is 1.55. The smallest absolute Gasteiger partial charge is 0.249 e. The third kappa shape index (κ3) is 4.71. The minimum atomic E-state index is 0.233. The summed E-state index contributed by atoms with van der Waals surface area (Å²) in [5.41, 5.74) is 0.763. The Labute approximate surface area is 157 Å². The van der Waals surface area contributed by atoms with Crippen molar-refractivity contribution in [3.8, 4) is 11.5 Å². The van der Waals surface area contributed by atoms with E-state index in [4.69, 9.17) is 9.47 Å². The van der Waals surface area contributed by atoms with E-state index in [0.29, 0.717) is 24.1 Å². The van der Waals surface area contributed by atoms with Crippen LogP contribution in [-0.4, -0.2) is 34.4 Å². The highest BCUT2D eigenvalue weighted by molar-refractivity contribution is 5.63. The fourth-order valence-corrected chi connectivity index (χ4v) is 2.86. The highest BCUT2D eigenvalue weighted by Gasteiger charge is 2.15. The van der Waals surface area contributed by atoms with Gasteiger partial charge in [-0.1, -0.05) is 30.3 Å². The molecule has 1 fully saturated rings. The van der Waals surface area contributed by atoms with E-state index in [1.807, 2.05) is 54.6 Å². The average molecular weight is 363 g/mol. The maximum Gasteiger partial charge on any atom is 0.249 e. The van der Waals surface area contributed by atoms with Crippen molar-refractivity contribution in [1.29, 1.82) is 0 Å². The summed E-state index contributed by atoms with van der Waals surface area (Å²) >= 11 is 0. The van der Waals surface area contributed by atoms with Crippen LogP contribution in [0.4, 0.5) is 17.5 Å². The van der Waals surface area contributed by atoms with Gasteiger partial charge in [0.05, 0.1) is 18.0 Å². The van der Waals surface area contributed by atoms with Crippen LogP contribution >= 0.6 is 0 Å². The topological polar surface area (TPSA) is 81.2 Å². The third-order valence-electron chi connectivity index (χ3n) is 4.20. The lowest BCUT2D eigenvalue weighted by atomic mass is 10.2. The third-order valence-corrected chi connectivity index (χ3v) is 4.20. The molecule has 1 unspecified atom stereocenters. The van der Waals surface area contributed by atoms with Crippen LogP contribution in [-0.2, 0) is 4.74 Å². The molecule has 1 aliphatic heterocycles. The Balaban J connectivity index is 1.45. The van der Waals surface area contributed by atoms with Gasteiger partial charge in [-0.3, -0.25) is 0 Å². The normalized spacial score (nSPS) is 16.1. The fraction of sp³-hybridized carbons (Fsp3) is 0.250. The molecule has 3 aromatic rings. The van der Waals surface area contributed by atoms with Gasteiger partial charge >= 0.3 is 0 Å². The number of para-hydroxylation sites is 3. The van der Waals surface area contributed by atoms with Crippen molar-refractivity contribution in [3.63, 3.8) is 0 Å². The Kier molecular flexibility index (Phi) is 5.40. The maximum atomic E-state index is 5.96. The van der Waals surface area contributed by atoms with Crippen molar-refractivity contribution in [1.82, 2.24) is 15.2 Å². The van der Waals surface area contributed by atoms with Gasteiger partial charge in [0.2, 0.25) is 5.95 Å². The molecule has 1 aromatic heterocycles. The van der Waals surface area contributed by atoms with Gasteiger partial charge in [0.25, 0.3) is 0 Å². The van der Waals surface area contributed by atoms with Crippen molar-refractivity contribution < 1.29 is 9.47 Å². The van der Waals surface area contributed by atoms with Gasteiger partial charge in [-0.15, -0.1) is 5.10 Å². The quantitative estimate of drug-likeness (QED) is 0.656. The number of aromatic nitrogens is 3. The minimum Gasteiger partial charge on any atom is -0.455 e. The SMILES string of the molecule is c1ccc(Oc2ccccc2Nc2nncc(NCC3CCCO3)n2)cc1. The zero-order chi connectivity index (χ0) is 18.3. The van der Waals surface area contributed by atoms with E-state index in [2.05, 4.69) is 25.8 Å². The number of hydrogen-bond donors (Lipinski definition) is 2. The van der Waals surface area contributed by atoms with E-state index in [9.17, 15) is 0 Å². The molecule has 2 heterocycles. The first-order valence-corrected chi connectivity index (χ1v) is 9.01. The molecule has 7 nitrogen and oxygen atoms in total. The Morgan fingerprint density at radius 3 is 2.78 bits per heavy atom. The molecule has 0 spiro atoms. The second kappa shape index (κ2) is 8.46. The van der Waals surface area contributed by atoms with Crippen LogP contribution in [0.25, 0.3) is 0 Å². The standard InChI is InChI=1S/C20H21N5O2/c1-2-7-15(8-3-1)27-18-11-5-4-10-17(18)23-20-24-19(14-22-25-20)21-13-16-9-6-12-26-16/h1-5,7-8,10-11,14,16H,6,9,12-13H2,(H2,21,23,24,25). The van der Waals surface area contributed by atoms with E-state index >= 15 is 0 Å².